The summed E-state index contributed by atoms with van der Waals surface area (Å²) in [5.41, 5.74) is 0.880. The summed E-state index contributed by atoms with van der Waals surface area (Å²) in [5.74, 6) is -2.61. The van der Waals surface area contributed by atoms with Crippen LogP contribution in [0.4, 0.5) is 0 Å². The Balaban J connectivity index is 2.55. The molecule has 0 radical (unpaired) electrons. The van der Waals surface area contributed by atoms with Crippen molar-refractivity contribution in [1.29, 1.82) is 0 Å². The first-order chi connectivity index (χ1) is 7.41. The van der Waals surface area contributed by atoms with Crippen molar-refractivity contribution >= 4 is 23.2 Å². The summed E-state index contributed by atoms with van der Waals surface area (Å²) in [4.78, 5) is 27.1. The summed E-state index contributed by atoms with van der Waals surface area (Å²) < 4.78 is 0. The molecule has 2 N–H and O–H groups in total. The Bertz CT molecular complexity index is 414. The first-order valence-corrected chi connectivity index (χ1v) is 5.67. The molecule has 1 atom stereocenters. The first kappa shape index (κ1) is 12.6. The molecule has 0 aliphatic rings. The fraction of sp³-hybridized carbons (Fsp3) is 0.500. The summed E-state index contributed by atoms with van der Waals surface area (Å²) in [6.07, 6.45) is 0. The predicted octanol–water partition coefficient (Wildman–Crippen LogP) is 1.10. The number of carbonyl (C=O) groups excluding carboxylic acids is 1. The average molecular weight is 242 g/mol. The van der Waals surface area contributed by atoms with Gasteiger partial charge in [0.15, 0.2) is 0 Å². The minimum Gasteiger partial charge on any atom is -0.481 e. The number of nitrogens with zero attached hydrogens (tertiary/aromatic N) is 1. The molecule has 16 heavy (non-hydrogen) atoms. The standard InChI is InChI=1S/C10H14N2O3S/c1-5(10(14)15)9(13)11-4-8-6(2)12-7(3)16-8/h5H,4H2,1-3H3,(H,11,13)(H,14,15). The topological polar surface area (TPSA) is 79.3 Å². The monoisotopic (exact) mass is 242 g/mol. The van der Waals surface area contributed by atoms with Crippen LogP contribution in [0.1, 0.15) is 22.5 Å². The zero-order valence-electron chi connectivity index (χ0n) is 9.40. The maximum Gasteiger partial charge on any atom is 0.315 e. The molecule has 0 aromatic carbocycles. The molecule has 1 heterocycles. The van der Waals surface area contributed by atoms with Crippen molar-refractivity contribution in [3.05, 3.63) is 15.6 Å². The molecular weight excluding hydrogens is 228 g/mol. The van der Waals surface area contributed by atoms with Crippen molar-refractivity contribution in [2.24, 2.45) is 5.92 Å². The van der Waals surface area contributed by atoms with E-state index in [1.54, 1.807) is 0 Å². The van der Waals surface area contributed by atoms with Gasteiger partial charge < -0.3 is 10.4 Å². The zero-order valence-corrected chi connectivity index (χ0v) is 10.2. The Morgan fingerprint density at radius 2 is 2.12 bits per heavy atom. The van der Waals surface area contributed by atoms with Crippen molar-refractivity contribution in [2.45, 2.75) is 27.3 Å². The number of carbonyl (C=O) groups is 2. The molecule has 1 rings (SSSR count). The van der Waals surface area contributed by atoms with Crippen molar-refractivity contribution in [1.82, 2.24) is 10.3 Å². The highest BCUT2D eigenvalue weighted by atomic mass is 32.1. The summed E-state index contributed by atoms with van der Waals surface area (Å²) >= 11 is 1.50. The Morgan fingerprint density at radius 1 is 1.50 bits per heavy atom. The molecular formula is C10H14N2O3S. The third-order valence-electron chi connectivity index (χ3n) is 2.19. The lowest BCUT2D eigenvalue weighted by Crippen LogP contribution is -2.33. The lowest BCUT2D eigenvalue weighted by Gasteiger charge is -2.07. The number of carboxylic acid groups (broad SMARTS) is 1. The van der Waals surface area contributed by atoms with Gasteiger partial charge in [-0.1, -0.05) is 0 Å². The van der Waals surface area contributed by atoms with Gasteiger partial charge in [-0.25, -0.2) is 4.98 Å². The molecule has 0 saturated carbocycles. The third kappa shape index (κ3) is 3.03. The maximum absolute atomic E-state index is 11.4. The van der Waals surface area contributed by atoms with Crippen molar-refractivity contribution < 1.29 is 14.7 Å². The Kier molecular flexibility index (Phi) is 4.00. The van der Waals surface area contributed by atoms with Gasteiger partial charge in [0.2, 0.25) is 5.91 Å². The number of carboxylic acids is 1. The summed E-state index contributed by atoms with van der Waals surface area (Å²) in [7, 11) is 0. The molecule has 5 nitrogen and oxygen atoms in total. The van der Waals surface area contributed by atoms with E-state index in [0.717, 1.165) is 15.6 Å². The number of amides is 1. The van der Waals surface area contributed by atoms with E-state index < -0.39 is 17.8 Å². The van der Waals surface area contributed by atoms with Crippen LogP contribution in [-0.4, -0.2) is 22.0 Å². The fourth-order valence-electron chi connectivity index (χ4n) is 1.17. The second kappa shape index (κ2) is 5.07. The quantitative estimate of drug-likeness (QED) is 0.775. The van der Waals surface area contributed by atoms with Gasteiger partial charge in [-0.15, -0.1) is 11.3 Å². The number of aryl methyl sites for hydroxylation is 2. The summed E-state index contributed by atoms with van der Waals surface area (Å²) in [6, 6.07) is 0. The largest absolute Gasteiger partial charge is 0.481 e. The molecule has 6 heteroatoms. The number of aromatic nitrogens is 1. The van der Waals surface area contributed by atoms with E-state index in [4.69, 9.17) is 5.11 Å². The second-order valence-electron chi connectivity index (χ2n) is 3.52. The van der Waals surface area contributed by atoms with Gasteiger partial charge in [-0.05, 0) is 20.8 Å². The molecule has 0 aliphatic heterocycles. The highest BCUT2D eigenvalue weighted by Crippen LogP contribution is 2.16. The number of rotatable bonds is 4. The first-order valence-electron chi connectivity index (χ1n) is 4.85. The fourth-order valence-corrected chi connectivity index (χ4v) is 2.05. The van der Waals surface area contributed by atoms with Gasteiger partial charge in [0.25, 0.3) is 0 Å². The van der Waals surface area contributed by atoms with E-state index >= 15 is 0 Å². The van der Waals surface area contributed by atoms with E-state index in [1.165, 1.54) is 18.3 Å². The molecule has 0 saturated heterocycles. The molecule has 1 aromatic heterocycles. The molecule has 0 spiro atoms. The second-order valence-corrected chi connectivity index (χ2v) is 4.81. The van der Waals surface area contributed by atoms with Crippen LogP contribution in [0.5, 0.6) is 0 Å². The lowest BCUT2D eigenvalue weighted by atomic mass is 10.2. The SMILES string of the molecule is Cc1nc(C)c(CNC(=O)C(C)C(=O)O)s1. The van der Waals surface area contributed by atoms with Crippen LogP contribution in [-0.2, 0) is 16.1 Å². The number of hydrogen-bond donors (Lipinski definition) is 2. The predicted molar refractivity (Wildman–Crippen MR) is 60.2 cm³/mol. The van der Waals surface area contributed by atoms with Crippen LogP contribution < -0.4 is 5.32 Å². The van der Waals surface area contributed by atoms with Crippen molar-refractivity contribution in [2.75, 3.05) is 0 Å². The van der Waals surface area contributed by atoms with E-state index in [9.17, 15) is 9.59 Å². The maximum atomic E-state index is 11.4. The molecule has 0 fully saturated rings. The van der Waals surface area contributed by atoms with E-state index in [2.05, 4.69) is 10.3 Å². The van der Waals surface area contributed by atoms with Crippen LogP contribution in [0.15, 0.2) is 0 Å². The van der Waals surface area contributed by atoms with Gasteiger partial charge >= 0.3 is 5.97 Å². The molecule has 1 unspecified atom stereocenters. The smallest absolute Gasteiger partial charge is 0.315 e. The summed E-state index contributed by atoms with van der Waals surface area (Å²) in [6.45, 7) is 5.46. The van der Waals surface area contributed by atoms with Crippen molar-refractivity contribution in [3.63, 3.8) is 0 Å². The van der Waals surface area contributed by atoms with Crippen molar-refractivity contribution in [3.8, 4) is 0 Å². The van der Waals surface area contributed by atoms with Gasteiger partial charge in [0.1, 0.15) is 5.92 Å². The van der Waals surface area contributed by atoms with Crippen LogP contribution in [0.3, 0.4) is 0 Å². The number of hydrogen-bond acceptors (Lipinski definition) is 4. The number of thiazole rings is 1. The normalized spacial score (nSPS) is 12.2. The molecule has 0 aliphatic carbocycles. The Hall–Kier alpha value is -1.43. The van der Waals surface area contributed by atoms with Gasteiger partial charge in [-0.2, -0.15) is 0 Å². The van der Waals surface area contributed by atoms with E-state index in [0.29, 0.717) is 6.54 Å². The van der Waals surface area contributed by atoms with Gasteiger partial charge in [-0.3, -0.25) is 9.59 Å². The number of nitrogens with one attached hydrogen (secondary N) is 1. The van der Waals surface area contributed by atoms with Crippen LogP contribution >= 0.6 is 11.3 Å². The average Bonchev–Trinajstić information content (AvgIpc) is 2.52. The van der Waals surface area contributed by atoms with E-state index in [1.807, 2.05) is 13.8 Å². The molecule has 88 valence electrons. The van der Waals surface area contributed by atoms with Crippen LogP contribution in [0.2, 0.25) is 0 Å². The lowest BCUT2D eigenvalue weighted by molar-refractivity contribution is -0.146. The molecule has 1 amide bonds. The Labute approximate surface area is 97.5 Å². The zero-order chi connectivity index (χ0) is 12.3. The van der Waals surface area contributed by atoms with E-state index in [-0.39, 0.29) is 0 Å². The highest BCUT2D eigenvalue weighted by Gasteiger charge is 2.20. The molecule has 1 aromatic rings. The van der Waals surface area contributed by atoms with Gasteiger partial charge in [0, 0.05) is 4.88 Å². The number of aliphatic carboxylic acids is 1. The minimum atomic E-state index is -1.12. The minimum absolute atomic E-state index is 0.341. The summed E-state index contributed by atoms with van der Waals surface area (Å²) in [5, 5.41) is 12.2. The van der Waals surface area contributed by atoms with Crippen LogP contribution in [0, 0.1) is 19.8 Å². The third-order valence-corrected chi connectivity index (χ3v) is 3.26. The highest BCUT2D eigenvalue weighted by molar-refractivity contribution is 7.11. The molecule has 0 bridgehead atoms. The Morgan fingerprint density at radius 3 is 2.56 bits per heavy atom. The van der Waals surface area contributed by atoms with Crippen LogP contribution in [0.25, 0.3) is 0 Å². The van der Waals surface area contributed by atoms with Gasteiger partial charge in [0.05, 0.1) is 17.2 Å².